The average Bonchev–Trinajstić information content (AvgIpc) is 2.22. The molecule has 0 aliphatic carbocycles. The number of piperidine rings is 1. The molecule has 1 saturated heterocycles. The second kappa shape index (κ2) is 4.33. The van der Waals surface area contributed by atoms with Crippen LogP contribution in [0, 0.1) is 17.6 Å². The topological polar surface area (TPSA) is 42.2 Å². The summed E-state index contributed by atoms with van der Waals surface area (Å²) in [5, 5.41) is 0. The fraction of sp³-hybridized carbons (Fsp3) is 0.545. The van der Waals surface area contributed by atoms with Crippen molar-refractivity contribution < 1.29 is 8.78 Å². The van der Waals surface area contributed by atoms with Crippen molar-refractivity contribution in [1.82, 2.24) is 4.98 Å². The van der Waals surface area contributed by atoms with Crippen molar-refractivity contribution in [1.29, 1.82) is 0 Å². The van der Waals surface area contributed by atoms with E-state index in [1.54, 1.807) is 4.90 Å². The molecule has 0 aromatic carbocycles. The second-order valence-corrected chi connectivity index (χ2v) is 4.33. The molecule has 0 saturated carbocycles. The number of pyridine rings is 1. The van der Waals surface area contributed by atoms with Gasteiger partial charge in [0.1, 0.15) is 5.82 Å². The number of rotatable bonds is 1. The Morgan fingerprint density at radius 1 is 1.50 bits per heavy atom. The Balaban J connectivity index is 2.18. The lowest BCUT2D eigenvalue weighted by molar-refractivity contribution is 0.375. The maximum Gasteiger partial charge on any atom is 0.168 e. The Hall–Kier alpha value is -1.23. The third-order valence-corrected chi connectivity index (χ3v) is 3.10. The van der Waals surface area contributed by atoms with Gasteiger partial charge in [-0.15, -0.1) is 0 Å². The SMILES string of the molecule is CC1CCN(c2ncc(F)cc2F)CC1N. The Bertz CT molecular complexity index is 383. The van der Waals surface area contributed by atoms with E-state index in [2.05, 4.69) is 11.9 Å². The van der Waals surface area contributed by atoms with E-state index in [1.807, 2.05) is 0 Å². The first-order valence-electron chi connectivity index (χ1n) is 5.39. The van der Waals surface area contributed by atoms with Crippen molar-refractivity contribution in [3.05, 3.63) is 23.9 Å². The van der Waals surface area contributed by atoms with Gasteiger partial charge in [-0.1, -0.05) is 6.92 Å². The molecule has 0 amide bonds. The molecule has 2 heterocycles. The van der Waals surface area contributed by atoms with Crippen molar-refractivity contribution in [2.24, 2.45) is 11.7 Å². The molecule has 0 spiro atoms. The summed E-state index contributed by atoms with van der Waals surface area (Å²) in [7, 11) is 0. The van der Waals surface area contributed by atoms with E-state index in [9.17, 15) is 8.78 Å². The third kappa shape index (κ3) is 2.14. The van der Waals surface area contributed by atoms with Crippen LogP contribution in [0.4, 0.5) is 14.6 Å². The Labute approximate surface area is 93.3 Å². The summed E-state index contributed by atoms with van der Waals surface area (Å²) >= 11 is 0. The zero-order chi connectivity index (χ0) is 11.7. The predicted octanol–water partition coefficient (Wildman–Crippen LogP) is 1.53. The van der Waals surface area contributed by atoms with Crippen molar-refractivity contribution in [3.63, 3.8) is 0 Å². The number of nitrogens with two attached hydrogens (primary N) is 1. The van der Waals surface area contributed by atoms with Crippen LogP contribution >= 0.6 is 0 Å². The fourth-order valence-corrected chi connectivity index (χ4v) is 1.93. The maximum absolute atomic E-state index is 13.5. The van der Waals surface area contributed by atoms with Crippen LogP contribution in [0.25, 0.3) is 0 Å². The van der Waals surface area contributed by atoms with Gasteiger partial charge in [-0.3, -0.25) is 0 Å². The number of hydrogen-bond acceptors (Lipinski definition) is 3. The molecule has 2 rings (SSSR count). The van der Waals surface area contributed by atoms with Gasteiger partial charge in [-0.25, -0.2) is 13.8 Å². The monoisotopic (exact) mass is 227 g/mol. The lowest BCUT2D eigenvalue weighted by Gasteiger charge is -2.35. The predicted molar refractivity (Wildman–Crippen MR) is 58.1 cm³/mol. The van der Waals surface area contributed by atoms with Crippen LogP contribution in [0.5, 0.6) is 0 Å². The smallest absolute Gasteiger partial charge is 0.168 e. The van der Waals surface area contributed by atoms with E-state index in [0.29, 0.717) is 19.0 Å². The molecule has 0 bridgehead atoms. The molecule has 1 aliphatic rings. The standard InChI is InChI=1S/C11H15F2N3/c1-7-2-3-16(6-10(7)14)11-9(13)4-8(12)5-15-11/h4-5,7,10H,2-3,6,14H2,1H3. The van der Waals surface area contributed by atoms with E-state index in [0.717, 1.165) is 18.7 Å². The second-order valence-electron chi connectivity index (χ2n) is 4.33. The van der Waals surface area contributed by atoms with Gasteiger partial charge in [0.25, 0.3) is 0 Å². The van der Waals surface area contributed by atoms with Gasteiger partial charge in [0, 0.05) is 25.2 Å². The van der Waals surface area contributed by atoms with E-state index < -0.39 is 11.6 Å². The van der Waals surface area contributed by atoms with Crippen molar-refractivity contribution >= 4 is 5.82 Å². The molecular weight excluding hydrogens is 212 g/mol. The summed E-state index contributed by atoms with van der Waals surface area (Å²) in [6.07, 6.45) is 1.93. The molecule has 1 aromatic rings. The van der Waals surface area contributed by atoms with Crippen LogP contribution in [-0.2, 0) is 0 Å². The summed E-state index contributed by atoms with van der Waals surface area (Å²) in [5.74, 6) is -0.652. The molecule has 3 nitrogen and oxygen atoms in total. The molecule has 1 aromatic heterocycles. The van der Waals surface area contributed by atoms with Gasteiger partial charge in [0.15, 0.2) is 11.6 Å². The van der Waals surface area contributed by atoms with Gasteiger partial charge in [-0.05, 0) is 12.3 Å². The first-order valence-corrected chi connectivity index (χ1v) is 5.39. The molecule has 1 fully saturated rings. The minimum atomic E-state index is -0.657. The summed E-state index contributed by atoms with van der Waals surface area (Å²) in [4.78, 5) is 5.56. The summed E-state index contributed by atoms with van der Waals surface area (Å²) in [6, 6.07) is 0.867. The first kappa shape index (κ1) is 11.3. The van der Waals surface area contributed by atoms with E-state index in [1.165, 1.54) is 0 Å². The van der Waals surface area contributed by atoms with Crippen LogP contribution in [0.15, 0.2) is 12.3 Å². The minimum Gasteiger partial charge on any atom is -0.353 e. The zero-order valence-electron chi connectivity index (χ0n) is 9.16. The fourth-order valence-electron chi connectivity index (χ4n) is 1.93. The summed E-state index contributed by atoms with van der Waals surface area (Å²) in [6.45, 7) is 3.36. The average molecular weight is 227 g/mol. The summed E-state index contributed by atoms with van der Waals surface area (Å²) in [5.41, 5.74) is 5.92. The quantitative estimate of drug-likeness (QED) is 0.791. The normalized spacial score (nSPS) is 25.9. The Morgan fingerprint density at radius 2 is 2.25 bits per heavy atom. The molecule has 2 atom stereocenters. The van der Waals surface area contributed by atoms with Crippen LogP contribution in [0.2, 0.25) is 0 Å². The maximum atomic E-state index is 13.5. The largest absolute Gasteiger partial charge is 0.353 e. The van der Waals surface area contributed by atoms with Gasteiger partial charge in [-0.2, -0.15) is 0 Å². The third-order valence-electron chi connectivity index (χ3n) is 3.10. The molecule has 16 heavy (non-hydrogen) atoms. The summed E-state index contributed by atoms with van der Waals surface area (Å²) < 4.78 is 26.2. The minimum absolute atomic E-state index is 0.0139. The lowest BCUT2D eigenvalue weighted by atomic mass is 9.94. The molecule has 0 radical (unpaired) electrons. The number of anilines is 1. The first-order chi connectivity index (χ1) is 7.58. The highest BCUT2D eigenvalue weighted by molar-refractivity contribution is 5.40. The molecule has 2 N–H and O–H groups in total. The highest BCUT2D eigenvalue weighted by Gasteiger charge is 2.25. The molecule has 1 aliphatic heterocycles. The zero-order valence-corrected chi connectivity index (χ0v) is 9.16. The number of nitrogens with zero attached hydrogens (tertiary/aromatic N) is 2. The van der Waals surface area contributed by atoms with Gasteiger partial charge >= 0.3 is 0 Å². The lowest BCUT2D eigenvalue weighted by Crippen LogP contribution is -2.48. The van der Waals surface area contributed by atoms with Gasteiger partial charge in [0.2, 0.25) is 0 Å². The van der Waals surface area contributed by atoms with E-state index >= 15 is 0 Å². The number of halogens is 2. The van der Waals surface area contributed by atoms with Crippen molar-refractivity contribution in [2.75, 3.05) is 18.0 Å². The molecule has 2 unspecified atom stereocenters. The number of hydrogen-bond donors (Lipinski definition) is 1. The Kier molecular flexibility index (Phi) is 3.05. The van der Waals surface area contributed by atoms with Crippen molar-refractivity contribution in [2.45, 2.75) is 19.4 Å². The van der Waals surface area contributed by atoms with E-state index in [4.69, 9.17) is 5.73 Å². The van der Waals surface area contributed by atoms with Crippen LogP contribution in [0.1, 0.15) is 13.3 Å². The van der Waals surface area contributed by atoms with Gasteiger partial charge in [0.05, 0.1) is 6.20 Å². The molecule has 88 valence electrons. The molecular formula is C11H15F2N3. The number of aromatic nitrogens is 1. The van der Waals surface area contributed by atoms with Crippen LogP contribution in [-0.4, -0.2) is 24.1 Å². The highest BCUT2D eigenvalue weighted by Crippen LogP contribution is 2.23. The van der Waals surface area contributed by atoms with Crippen LogP contribution in [0.3, 0.4) is 0 Å². The molecule has 5 heteroatoms. The van der Waals surface area contributed by atoms with Crippen molar-refractivity contribution in [3.8, 4) is 0 Å². The van der Waals surface area contributed by atoms with E-state index in [-0.39, 0.29) is 11.9 Å². The Morgan fingerprint density at radius 3 is 2.88 bits per heavy atom. The van der Waals surface area contributed by atoms with Gasteiger partial charge < -0.3 is 10.6 Å². The van der Waals surface area contributed by atoms with Crippen LogP contribution < -0.4 is 10.6 Å². The highest BCUT2D eigenvalue weighted by atomic mass is 19.1.